The van der Waals surface area contributed by atoms with Gasteiger partial charge in [-0.2, -0.15) is 0 Å². The summed E-state index contributed by atoms with van der Waals surface area (Å²) in [6.07, 6.45) is 3.49. The first-order valence-corrected chi connectivity index (χ1v) is 6.98. The fourth-order valence-electron chi connectivity index (χ4n) is 2.16. The summed E-state index contributed by atoms with van der Waals surface area (Å²) in [6.45, 7) is 6.62. The molecule has 0 amide bonds. The lowest BCUT2D eigenvalue weighted by atomic mass is 9.87. The molecule has 1 aromatic carbocycles. The van der Waals surface area contributed by atoms with E-state index in [0.29, 0.717) is 0 Å². The van der Waals surface area contributed by atoms with E-state index in [2.05, 4.69) is 65.2 Å². The predicted molar refractivity (Wildman–Crippen MR) is 83.7 cm³/mol. The van der Waals surface area contributed by atoms with Crippen molar-refractivity contribution in [2.24, 2.45) is 0 Å². The Balaban J connectivity index is 1.90. The molecular weight excluding hydrogens is 260 g/mol. The van der Waals surface area contributed by atoms with Crippen molar-refractivity contribution in [2.45, 2.75) is 26.2 Å². The lowest BCUT2D eigenvalue weighted by Gasteiger charge is -2.18. The molecular formula is C17H18N4. The molecule has 0 aliphatic rings. The van der Waals surface area contributed by atoms with Gasteiger partial charge in [-0.25, -0.2) is 0 Å². The molecule has 2 heterocycles. The fourth-order valence-corrected chi connectivity index (χ4v) is 2.16. The Hall–Kier alpha value is -2.49. The van der Waals surface area contributed by atoms with Crippen molar-refractivity contribution in [3.05, 3.63) is 54.4 Å². The highest BCUT2D eigenvalue weighted by molar-refractivity contribution is 5.61. The minimum atomic E-state index is 0.155. The normalized spacial score (nSPS) is 11.6. The average molecular weight is 278 g/mol. The topological polar surface area (TPSA) is 54.5 Å². The highest BCUT2D eigenvalue weighted by Crippen LogP contribution is 2.25. The second-order valence-electron chi connectivity index (χ2n) is 6.09. The third-order valence-electron chi connectivity index (χ3n) is 3.46. The Bertz CT molecular complexity index is 721. The Morgan fingerprint density at radius 1 is 0.762 bits per heavy atom. The summed E-state index contributed by atoms with van der Waals surface area (Å²) < 4.78 is 0. The zero-order valence-electron chi connectivity index (χ0n) is 12.5. The lowest BCUT2D eigenvalue weighted by Crippen LogP contribution is -2.10. The number of aromatic nitrogens is 4. The summed E-state index contributed by atoms with van der Waals surface area (Å²) in [5.41, 5.74) is 3.48. The Labute approximate surface area is 124 Å². The lowest BCUT2D eigenvalue weighted by molar-refractivity contribution is 0.590. The van der Waals surface area contributed by atoms with E-state index >= 15 is 0 Å². The van der Waals surface area contributed by atoms with E-state index in [9.17, 15) is 0 Å². The monoisotopic (exact) mass is 278 g/mol. The molecule has 4 heteroatoms. The number of benzene rings is 1. The standard InChI is InChI=1S/C17H18N4/c1-17(2,3)14-6-4-12(5-7-14)15-19-16(21-20-15)13-8-10-18-11-9-13/h4-11H,1-3H3,(H,19,20,21). The Morgan fingerprint density at radius 3 is 1.81 bits per heavy atom. The van der Waals surface area contributed by atoms with Crippen molar-refractivity contribution in [2.75, 3.05) is 0 Å². The highest BCUT2D eigenvalue weighted by atomic mass is 15.2. The number of H-pyrrole nitrogens is 1. The van der Waals surface area contributed by atoms with E-state index in [-0.39, 0.29) is 5.41 Å². The first-order chi connectivity index (χ1) is 10.0. The first kappa shape index (κ1) is 13.5. The molecule has 0 bridgehead atoms. The number of nitrogens with zero attached hydrogens (tertiary/aromatic N) is 3. The summed E-state index contributed by atoms with van der Waals surface area (Å²) >= 11 is 0. The van der Waals surface area contributed by atoms with Gasteiger partial charge in [-0.05, 0) is 23.1 Å². The van der Waals surface area contributed by atoms with E-state index in [1.165, 1.54) is 5.56 Å². The first-order valence-electron chi connectivity index (χ1n) is 6.98. The number of pyridine rings is 1. The molecule has 0 saturated carbocycles. The van der Waals surface area contributed by atoms with E-state index in [1.807, 2.05) is 12.1 Å². The van der Waals surface area contributed by atoms with Crippen LogP contribution in [0.3, 0.4) is 0 Å². The Kier molecular flexibility index (Phi) is 3.29. The molecule has 0 fully saturated rings. The number of hydrogen-bond donors (Lipinski definition) is 1. The van der Waals surface area contributed by atoms with Crippen molar-refractivity contribution in [1.29, 1.82) is 0 Å². The number of nitrogens with one attached hydrogen (secondary N) is 1. The molecule has 3 rings (SSSR count). The van der Waals surface area contributed by atoms with E-state index in [0.717, 1.165) is 22.8 Å². The number of hydrogen-bond acceptors (Lipinski definition) is 3. The van der Waals surface area contributed by atoms with Crippen LogP contribution in [0, 0.1) is 0 Å². The molecule has 0 aliphatic carbocycles. The molecule has 1 N–H and O–H groups in total. The quantitative estimate of drug-likeness (QED) is 0.775. The van der Waals surface area contributed by atoms with Crippen LogP contribution in [0.2, 0.25) is 0 Å². The van der Waals surface area contributed by atoms with Gasteiger partial charge in [-0.15, -0.1) is 10.2 Å². The maximum absolute atomic E-state index is 4.23. The second kappa shape index (κ2) is 5.13. The van der Waals surface area contributed by atoms with Crippen LogP contribution in [0.25, 0.3) is 22.8 Å². The molecule has 3 aromatic rings. The average Bonchev–Trinajstić information content (AvgIpc) is 2.97. The molecule has 106 valence electrons. The summed E-state index contributed by atoms with van der Waals surface area (Å²) in [6, 6.07) is 12.3. The van der Waals surface area contributed by atoms with Gasteiger partial charge < -0.3 is 4.98 Å². The van der Waals surface area contributed by atoms with Crippen molar-refractivity contribution < 1.29 is 0 Å². The van der Waals surface area contributed by atoms with Crippen molar-refractivity contribution in [3.63, 3.8) is 0 Å². The zero-order chi connectivity index (χ0) is 14.9. The van der Waals surface area contributed by atoms with E-state index < -0.39 is 0 Å². The maximum Gasteiger partial charge on any atom is 0.161 e. The summed E-state index contributed by atoms with van der Waals surface area (Å²) in [5.74, 6) is 1.54. The molecule has 0 radical (unpaired) electrons. The largest absolute Gasteiger partial charge is 0.321 e. The number of aromatic amines is 1. The van der Waals surface area contributed by atoms with Crippen molar-refractivity contribution >= 4 is 0 Å². The van der Waals surface area contributed by atoms with Crippen LogP contribution in [0.15, 0.2) is 48.8 Å². The molecule has 2 aromatic heterocycles. The van der Waals surface area contributed by atoms with Crippen molar-refractivity contribution in [3.8, 4) is 22.8 Å². The van der Waals surface area contributed by atoms with Crippen LogP contribution in [0.5, 0.6) is 0 Å². The van der Waals surface area contributed by atoms with Gasteiger partial charge in [0.05, 0.1) is 0 Å². The van der Waals surface area contributed by atoms with Crippen LogP contribution < -0.4 is 0 Å². The molecule has 0 aliphatic heterocycles. The molecule has 0 saturated heterocycles. The van der Waals surface area contributed by atoms with E-state index in [1.54, 1.807) is 12.4 Å². The van der Waals surface area contributed by atoms with Gasteiger partial charge in [0.1, 0.15) is 0 Å². The van der Waals surface area contributed by atoms with Gasteiger partial charge in [0.15, 0.2) is 11.6 Å². The predicted octanol–water partition coefficient (Wildman–Crippen LogP) is 3.83. The SMILES string of the molecule is CC(C)(C)c1ccc(-c2nnc(-c3ccncc3)[nH]2)cc1. The minimum Gasteiger partial charge on any atom is -0.321 e. The highest BCUT2D eigenvalue weighted by Gasteiger charge is 2.14. The fraction of sp³-hybridized carbons (Fsp3) is 0.235. The minimum absolute atomic E-state index is 0.155. The van der Waals surface area contributed by atoms with Crippen LogP contribution in [-0.2, 0) is 5.41 Å². The smallest absolute Gasteiger partial charge is 0.161 e. The maximum atomic E-state index is 4.23. The molecule has 0 spiro atoms. The third kappa shape index (κ3) is 2.84. The van der Waals surface area contributed by atoms with Crippen LogP contribution >= 0.6 is 0 Å². The molecule has 0 atom stereocenters. The zero-order valence-corrected chi connectivity index (χ0v) is 12.5. The van der Waals surface area contributed by atoms with Gasteiger partial charge >= 0.3 is 0 Å². The van der Waals surface area contributed by atoms with E-state index in [4.69, 9.17) is 0 Å². The molecule has 21 heavy (non-hydrogen) atoms. The van der Waals surface area contributed by atoms with Crippen molar-refractivity contribution in [1.82, 2.24) is 20.2 Å². The summed E-state index contributed by atoms with van der Waals surface area (Å²) in [7, 11) is 0. The summed E-state index contributed by atoms with van der Waals surface area (Å²) in [4.78, 5) is 7.26. The second-order valence-corrected chi connectivity index (χ2v) is 6.09. The van der Waals surface area contributed by atoms with Gasteiger partial charge in [0.25, 0.3) is 0 Å². The van der Waals surface area contributed by atoms with Crippen LogP contribution in [-0.4, -0.2) is 20.2 Å². The Morgan fingerprint density at radius 2 is 1.29 bits per heavy atom. The molecule has 0 unspecified atom stereocenters. The van der Waals surface area contributed by atoms with Gasteiger partial charge in [-0.3, -0.25) is 4.98 Å². The van der Waals surface area contributed by atoms with Crippen LogP contribution in [0.4, 0.5) is 0 Å². The third-order valence-corrected chi connectivity index (χ3v) is 3.46. The van der Waals surface area contributed by atoms with Gasteiger partial charge in [0.2, 0.25) is 0 Å². The van der Waals surface area contributed by atoms with Gasteiger partial charge in [-0.1, -0.05) is 45.0 Å². The molecule has 4 nitrogen and oxygen atoms in total. The van der Waals surface area contributed by atoms with Gasteiger partial charge in [0, 0.05) is 23.5 Å². The van der Waals surface area contributed by atoms with Crippen LogP contribution in [0.1, 0.15) is 26.3 Å². The number of rotatable bonds is 2. The summed E-state index contributed by atoms with van der Waals surface area (Å²) in [5, 5.41) is 8.43.